The van der Waals surface area contributed by atoms with Gasteiger partial charge in [-0.3, -0.25) is 4.79 Å². The molecule has 2 fully saturated rings. The van der Waals surface area contributed by atoms with Crippen LogP contribution in [0.15, 0.2) is 23.3 Å². The Balaban J connectivity index is 1.66. The number of hydrogen-bond acceptors (Lipinski definition) is 6. The second-order valence-electron chi connectivity index (χ2n) is 8.02. The minimum Gasteiger partial charge on any atom is -0.466 e. The van der Waals surface area contributed by atoms with Crippen LogP contribution in [0.5, 0.6) is 0 Å². The Morgan fingerprint density at radius 3 is 2.80 bits per heavy atom. The maximum atomic E-state index is 12.2. The number of aliphatic imine (C=N–C) groups is 1. The summed E-state index contributed by atoms with van der Waals surface area (Å²) in [6.07, 6.45) is 3.73. The van der Waals surface area contributed by atoms with Gasteiger partial charge >= 0.3 is 5.97 Å². The van der Waals surface area contributed by atoms with Crippen molar-refractivity contribution in [3.8, 4) is 0 Å². The second-order valence-corrected chi connectivity index (χ2v) is 8.02. The van der Waals surface area contributed by atoms with Crippen LogP contribution >= 0.6 is 0 Å². The number of nitrogens with zero attached hydrogens (tertiary/aromatic N) is 5. The van der Waals surface area contributed by atoms with Crippen molar-refractivity contribution in [1.29, 1.82) is 0 Å². The lowest BCUT2D eigenvalue weighted by Crippen LogP contribution is -2.48. The number of likely N-dealkylation sites (N-methyl/N-ethyl adjacent to an activating group) is 1. The minimum atomic E-state index is -0.0935. The molecule has 8 nitrogen and oxygen atoms in total. The van der Waals surface area contributed by atoms with Gasteiger partial charge in [0.2, 0.25) is 0 Å². The first kappa shape index (κ1) is 22.3. The first-order valence-electron chi connectivity index (χ1n) is 11.2. The molecule has 2 aliphatic rings. The molecular formula is C22H36N6O2. The molecule has 1 aromatic heterocycles. The van der Waals surface area contributed by atoms with E-state index in [0.717, 1.165) is 69.5 Å². The summed E-state index contributed by atoms with van der Waals surface area (Å²) in [5.74, 6) is 1.72. The average molecular weight is 417 g/mol. The van der Waals surface area contributed by atoms with Crippen LogP contribution in [-0.4, -0.2) is 86.2 Å². The number of carbonyl (C=O) groups excluding carboxylic acids is 1. The molecular weight excluding hydrogens is 380 g/mol. The van der Waals surface area contributed by atoms with Gasteiger partial charge in [-0.15, -0.1) is 0 Å². The highest BCUT2D eigenvalue weighted by molar-refractivity contribution is 5.81. The average Bonchev–Trinajstić information content (AvgIpc) is 2.77. The SMILES string of the molecule is CCNC(=NCc1ccnc(N2CCN(C)CC2)c1)N1CCCC(C(=O)OCC)C1. The Morgan fingerprint density at radius 1 is 1.27 bits per heavy atom. The van der Waals surface area contributed by atoms with Crippen LogP contribution in [0.25, 0.3) is 0 Å². The molecule has 1 N–H and O–H groups in total. The zero-order valence-corrected chi connectivity index (χ0v) is 18.6. The van der Waals surface area contributed by atoms with E-state index >= 15 is 0 Å². The van der Waals surface area contributed by atoms with Crippen molar-refractivity contribution in [2.75, 3.05) is 64.4 Å². The molecule has 3 rings (SSSR count). The monoisotopic (exact) mass is 416 g/mol. The summed E-state index contributed by atoms with van der Waals surface area (Å²) in [6.45, 7) is 11.4. The van der Waals surface area contributed by atoms with E-state index in [4.69, 9.17) is 9.73 Å². The number of carbonyl (C=O) groups is 1. The Bertz CT molecular complexity index is 717. The molecule has 30 heavy (non-hydrogen) atoms. The van der Waals surface area contributed by atoms with Crippen LogP contribution in [-0.2, 0) is 16.1 Å². The standard InChI is InChI=1S/C22H36N6O2/c1-4-23-22(28-10-6-7-19(17-28)21(29)30-5-2)25-16-18-8-9-24-20(15-18)27-13-11-26(3)12-14-27/h8-9,15,19H,4-7,10-14,16-17H2,1-3H3,(H,23,25). The van der Waals surface area contributed by atoms with Crippen LogP contribution in [0.2, 0.25) is 0 Å². The van der Waals surface area contributed by atoms with E-state index < -0.39 is 0 Å². The minimum absolute atomic E-state index is 0.0766. The highest BCUT2D eigenvalue weighted by Crippen LogP contribution is 2.19. The molecule has 8 heteroatoms. The predicted molar refractivity (Wildman–Crippen MR) is 120 cm³/mol. The van der Waals surface area contributed by atoms with E-state index in [2.05, 4.69) is 45.0 Å². The summed E-state index contributed by atoms with van der Waals surface area (Å²) in [7, 11) is 2.16. The maximum Gasteiger partial charge on any atom is 0.310 e. The summed E-state index contributed by atoms with van der Waals surface area (Å²) in [5.41, 5.74) is 1.15. The van der Waals surface area contributed by atoms with Crippen molar-refractivity contribution in [3.05, 3.63) is 23.9 Å². The fourth-order valence-electron chi connectivity index (χ4n) is 3.98. The lowest BCUT2D eigenvalue weighted by molar-refractivity contribution is -0.149. The zero-order valence-electron chi connectivity index (χ0n) is 18.6. The van der Waals surface area contributed by atoms with Crippen molar-refractivity contribution in [1.82, 2.24) is 20.1 Å². The third kappa shape index (κ3) is 6.08. The lowest BCUT2D eigenvalue weighted by atomic mass is 9.98. The number of esters is 1. The maximum absolute atomic E-state index is 12.2. The molecule has 0 bridgehead atoms. The van der Waals surface area contributed by atoms with Crippen molar-refractivity contribution in [2.24, 2.45) is 10.9 Å². The molecule has 0 amide bonds. The van der Waals surface area contributed by atoms with Gasteiger partial charge in [0.1, 0.15) is 5.82 Å². The van der Waals surface area contributed by atoms with E-state index in [0.29, 0.717) is 19.7 Å². The number of ether oxygens (including phenoxy) is 1. The van der Waals surface area contributed by atoms with Gasteiger partial charge in [0.15, 0.2) is 5.96 Å². The van der Waals surface area contributed by atoms with Crippen LogP contribution in [0.4, 0.5) is 5.82 Å². The van der Waals surface area contributed by atoms with Crippen LogP contribution in [0.1, 0.15) is 32.3 Å². The molecule has 2 aliphatic heterocycles. The molecule has 1 aromatic rings. The Kier molecular flexibility index (Phi) is 8.30. The summed E-state index contributed by atoms with van der Waals surface area (Å²) in [5, 5.41) is 3.39. The largest absolute Gasteiger partial charge is 0.466 e. The van der Waals surface area contributed by atoms with Gasteiger partial charge in [0.25, 0.3) is 0 Å². The summed E-state index contributed by atoms with van der Waals surface area (Å²) >= 11 is 0. The number of aromatic nitrogens is 1. The number of nitrogens with one attached hydrogen (secondary N) is 1. The molecule has 166 valence electrons. The van der Waals surface area contributed by atoms with Crippen molar-refractivity contribution in [2.45, 2.75) is 33.2 Å². The van der Waals surface area contributed by atoms with E-state index in [9.17, 15) is 4.79 Å². The summed E-state index contributed by atoms with van der Waals surface area (Å²) in [6, 6.07) is 4.18. The smallest absolute Gasteiger partial charge is 0.310 e. The van der Waals surface area contributed by atoms with Gasteiger partial charge in [-0.25, -0.2) is 9.98 Å². The van der Waals surface area contributed by atoms with Crippen molar-refractivity contribution >= 4 is 17.7 Å². The first-order chi connectivity index (χ1) is 14.6. The number of guanidine groups is 1. The van der Waals surface area contributed by atoms with Gasteiger partial charge in [-0.2, -0.15) is 0 Å². The quantitative estimate of drug-likeness (QED) is 0.429. The molecule has 0 aliphatic carbocycles. The molecule has 2 saturated heterocycles. The number of piperazine rings is 1. The molecule has 1 unspecified atom stereocenters. The fraction of sp³-hybridized carbons (Fsp3) is 0.682. The third-order valence-electron chi connectivity index (χ3n) is 5.72. The predicted octanol–water partition coefficient (Wildman–Crippen LogP) is 1.57. The number of piperidine rings is 1. The fourth-order valence-corrected chi connectivity index (χ4v) is 3.98. The molecule has 0 aromatic carbocycles. The third-order valence-corrected chi connectivity index (χ3v) is 5.72. The van der Waals surface area contributed by atoms with E-state index in [-0.39, 0.29) is 11.9 Å². The van der Waals surface area contributed by atoms with Gasteiger partial charge in [-0.1, -0.05) is 0 Å². The van der Waals surface area contributed by atoms with Gasteiger partial charge in [-0.05, 0) is 51.4 Å². The van der Waals surface area contributed by atoms with Crippen molar-refractivity contribution < 1.29 is 9.53 Å². The van der Waals surface area contributed by atoms with Crippen molar-refractivity contribution in [3.63, 3.8) is 0 Å². The Morgan fingerprint density at radius 2 is 2.07 bits per heavy atom. The highest BCUT2D eigenvalue weighted by atomic mass is 16.5. The van der Waals surface area contributed by atoms with Gasteiger partial charge in [0, 0.05) is 52.0 Å². The molecule has 0 radical (unpaired) electrons. The molecule has 1 atom stereocenters. The first-order valence-corrected chi connectivity index (χ1v) is 11.2. The molecule has 3 heterocycles. The Hall–Kier alpha value is -2.35. The molecule has 0 saturated carbocycles. The van der Waals surface area contributed by atoms with Gasteiger partial charge < -0.3 is 24.8 Å². The number of pyridine rings is 1. The van der Waals surface area contributed by atoms with Crippen LogP contribution in [0.3, 0.4) is 0 Å². The van der Waals surface area contributed by atoms with E-state index in [1.165, 1.54) is 0 Å². The number of hydrogen-bond donors (Lipinski definition) is 1. The topological polar surface area (TPSA) is 73.3 Å². The second kappa shape index (κ2) is 11.2. The van der Waals surface area contributed by atoms with Gasteiger partial charge in [0.05, 0.1) is 19.1 Å². The summed E-state index contributed by atoms with van der Waals surface area (Å²) < 4.78 is 5.24. The van der Waals surface area contributed by atoms with E-state index in [1.54, 1.807) is 0 Å². The van der Waals surface area contributed by atoms with E-state index in [1.807, 2.05) is 19.2 Å². The number of likely N-dealkylation sites (tertiary alicyclic amines) is 1. The highest BCUT2D eigenvalue weighted by Gasteiger charge is 2.28. The molecule has 0 spiro atoms. The van der Waals surface area contributed by atoms with Crippen LogP contribution < -0.4 is 10.2 Å². The Labute approximate surface area is 180 Å². The summed E-state index contributed by atoms with van der Waals surface area (Å²) in [4.78, 5) is 28.5. The number of rotatable bonds is 6. The van der Waals surface area contributed by atoms with Crippen LogP contribution in [0, 0.1) is 5.92 Å². The number of anilines is 1. The normalized spacial score (nSPS) is 20.9. The lowest BCUT2D eigenvalue weighted by Gasteiger charge is -2.34. The zero-order chi connectivity index (χ0) is 21.3.